The summed E-state index contributed by atoms with van der Waals surface area (Å²) in [5.74, 6) is -2.22. The summed E-state index contributed by atoms with van der Waals surface area (Å²) in [7, 11) is 1.42. The standard InChI is InChI=1S/C22H18FN5O3/c1-11-6-15(19-16(7-11)21(30)28(3)22(19)31)12(2)20(29)25-18-5-4-17(26-27-18)13-8-14(23)10-24-9-13/h4-10,12H,1-3H3,(H,25,27,29)/t12-/m1/s1. The fraction of sp³-hybridized carbons (Fsp3) is 0.182. The zero-order valence-corrected chi connectivity index (χ0v) is 17.0. The van der Waals surface area contributed by atoms with E-state index in [2.05, 4.69) is 20.5 Å². The number of amides is 3. The lowest BCUT2D eigenvalue weighted by Crippen LogP contribution is -2.25. The highest BCUT2D eigenvalue weighted by Crippen LogP contribution is 2.31. The number of anilines is 1. The molecule has 3 amide bonds. The van der Waals surface area contributed by atoms with Crippen LogP contribution in [0.1, 0.15) is 44.7 Å². The predicted molar refractivity (Wildman–Crippen MR) is 110 cm³/mol. The van der Waals surface area contributed by atoms with Gasteiger partial charge < -0.3 is 5.32 Å². The van der Waals surface area contributed by atoms with Crippen molar-refractivity contribution in [3.05, 3.63) is 70.8 Å². The zero-order valence-electron chi connectivity index (χ0n) is 17.0. The van der Waals surface area contributed by atoms with Crippen molar-refractivity contribution < 1.29 is 18.8 Å². The third-order valence-corrected chi connectivity index (χ3v) is 5.14. The average Bonchev–Trinajstić information content (AvgIpc) is 2.97. The number of hydrogen-bond donors (Lipinski definition) is 1. The van der Waals surface area contributed by atoms with E-state index < -0.39 is 23.5 Å². The van der Waals surface area contributed by atoms with Gasteiger partial charge in [0.15, 0.2) is 5.82 Å². The van der Waals surface area contributed by atoms with Crippen LogP contribution < -0.4 is 5.32 Å². The fourth-order valence-corrected chi connectivity index (χ4v) is 3.48. The molecule has 0 bridgehead atoms. The van der Waals surface area contributed by atoms with Gasteiger partial charge >= 0.3 is 0 Å². The monoisotopic (exact) mass is 419 g/mol. The van der Waals surface area contributed by atoms with E-state index in [1.807, 2.05) is 0 Å². The van der Waals surface area contributed by atoms with Crippen molar-refractivity contribution in [1.29, 1.82) is 0 Å². The first-order valence-electron chi connectivity index (χ1n) is 9.48. The number of aryl methyl sites for hydroxylation is 1. The molecule has 156 valence electrons. The lowest BCUT2D eigenvalue weighted by atomic mass is 9.90. The Bertz CT molecular complexity index is 1230. The normalized spacial score (nSPS) is 13.9. The Hall–Kier alpha value is -4.01. The van der Waals surface area contributed by atoms with Crippen molar-refractivity contribution in [2.75, 3.05) is 12.4 Å². The summed E-state index contributed by atoms with van der Waals surface area (Å²) >= 11 is 0. The van der Waals surface area contributed by atoms with Gasteiger partial charge in [0.25, 0.3) is 11.8 Å². The number of benzene rings is 1. The van der Waals surface area contributed by atoms with Crippen LogP contribution in [0.4, 0.5) is 10.2 Å². The van der Waals surface area contributed by atoms with Crippen LogP contribution in [0, 0.1) is 12.7 Å². The predicted octanol–water partition coefficient (Wildman–Crippen LogP) is 2.95. The molecule has 0 spiro atoms. The van der Waals surface area contributed by atoms with Crippen molar-refractivity contribution in [1.82, 2.24) is 20.1 Å². The van der Waals surface area contributed by atoms with Crippen LogP contribution in [0.15, 0.2) is 42.7 Å². The molecule has 1 N–H and O–H groups in total. The first kappa shape index (κ1) is 20.3. The second kappa shape index (κ2) is 7.67. The van der Waals surface area contributed by atoms with Gasteiger partial charge in [-0.1, -0.05) is 6.07 Å². The summed E-state index contributed by atoms with van der Waals surface area (Å²) in [4.78, 5) is 42.5. The number of fused-ring (bicyclic) bond motifs is 1. The number of aromatic nitrogens is 3. The Labute approximate surface area is 177 Å². The maximum absolute atomic E-state index is 13.3. The van der Waals surface area contributed by atoms with Crippen LogP contribution in [0.5, 0.6) is 0 Å². The van der Waals surface area contributed by atoms with Crippen molar-refractivity contribution in [3.63, 3.8) is 0 Å². The number of nitrogens with one attached hydrogen (secondary N) is 1. The van der Waals surface area contributed by atoms with Crippen LogP contribution in [-0.2, 0) is 4.79 Å². The highest BCUT2D eigenvalue weighted by atomic mass is 19.1. The molecule has 4 rings (SSSR count). The zero-order chi connectivity index (χ0) is 22.3. The first-order chi connectivity index (χ1) is 14.8. The molecule has 0 radical (unpaired) electrons. The van der Waals surface area contributed by atoms with Gasteiger partial charge in [-0.2, -0.15) is 0 Å². The summed E-state index contributed by atoms with van der Waals surface area (Å²) in [5, 5.41) is 10.6. The van der Waals surface area contributed by atoms with E-state index in [0.717, 1.165) is 16.7 Å². The number of halogens is 1. The highest BCUT2D eigenvalue weighted by Gasteiger charge is 2.37. The number of rotatable bonds is 4. The summed E-state index contributed by atoms with van der Waals surface area (Å²) < 4.78 is 13.3. The fourth-order valence-electron chi connectivity index (χ4n) is 3.48. The minimum atomic E-state index is -0.717. The Morgan fingerprint density at radius 1 is 1.10 bits per heavy atom. The van der Waals surface area contributed by atoms with Crippen molar-refractivity contribution in [2.24, 2.45) is 0 Å². The summed E-state index contributed by atoms with van der Waals surface area (Å²) in [6.07, 6.45) is 2.55. The molecule has 1 atom stereocenters. The quantitative estimate of drug-likeness (QED) is 0.652. The largest absolute Gasteiger partial charge is 0.309 e. The van der Waals surface area contributed by atoms with Gasteiger partial charge in [0, 0.05) is 18.8 Å². The Morgan fingerprint density at radius 3 is 2.55 bits per heavy atom. The van der Waals surface area contributed by atoms with E-state index in [-0.39, 0.29) is 17.3 Å². The lowest BCUT2D eigenvalue weighted by Gasteiger charge is -2.15. The van der Waals surface area contributed by atoms with Gasteiger partial charge in [-0.15, -0.1) is 10.2 Å². The molecule has 3 heterocycles. The molecular formula is C22H18FN5O3. The van der Waals surface area contributed by atoms with Gasteiger partial charge in [-0.25, -0.2) is 4.39 Å². The minimum Gasteiger partial charge on any atom is -0.309 e. The second-order valence-corrected chi connectivity index (χ2v) is 7.35. The molecule has 0 saturated heterocycles. The van der Waals surface area contributed by atoms with E-state index in [4.69, 9.17) is 0 Å². The van der Waals surface area contributed by atoms with Crippen molar-refractivity contribution >= 4 is 23.5 Å². The van der Waals surface area contributed by atoms with E-state index in [1.54, 1.807) is 38.1 Å². The Morgan fingerprint density at radius 2 is 1.87 bits per heavy atom. The van der Waals surface area contributed by atoms with Crippen LogP contribution in [0.2, 0.25) is 0 Å². The first-order valence-corrected chi connectivity index (χ1v) is 9.48. The van der Waals surface area contributed by atoms with Gasteiger partial charge in [-0.05, 0) is 49.2 Å². The van der Waals surface area contributed by atoms with Crippen LogP contribution in [0.3, 0.4) is 0 Å². The third kappa shape index (κ3) is 3.65. The van der Waals surface area contributed by atoms with Gasteiger partial charge in [-0.3, -0.25) is 24.3 Å². The molecule has 8 nitrogen and oxygen atoms in total. The van der Waals surface area contributed by atoms with Crippen LogP contribution in [0.25, 0.3) is 11.3 Å². The van der Waals surface area contributed by atoms with E-state index in [9.17, 15) is 18.8 Å². The molecule has 0 saturated carbocycles. The van der Waals surface area contributed by atoms with Crippen LogP contribution >= 0.6 is 0 Å². The minimum absolute atomic E-state index is 0.203. The van der Waals surface area contributed by atoms with Gasteiger partial charge in [0.05, 0.1) is 28.9 Å². The molecule has 3 aromatic rings. The van der Waals surface area contributed by atoms with E-state index >= 15 is 0 Å². The smallest absolute Gasteiger partial charge is 0.261 e. The number of carbonyl (C=O) groups is 3. The van der Waals surface area contributed by atoms with E-state index in [1.165, 1.54) is 19.3 Å². The molecule has 0 unspecified atom stereocenters. The summed E-state index contributed by atoms with van der Waals surface area (Å²) in [6, 6.07) is 7.80. The van der Waals surface area contributed by atoms with Gasteiger partial charge in [0.2, 0.25) is 5.91 Å². The van der Waals surface area contributed by atoms with Crippen molar-refractivity contribution in [2.45, 2.75) is 19.8 Å². The molecule has 2 aromatic heterocycles. The molecular weight excluding hydrogens is 401 g/mol. The molecule has 1 aromatic carbocycles. The number of imide groups is 1. The Kier molecular flexibility index (Phi) is 5.02. The molecule has 1 aliphatic heterocycles. The molecule has 31 heavy (non-hydrogen) atoms. The number of carbonyl (C=O) groups excluding carboxylic acids is 3. The molecule has 1 aliphatic rings. The van der Waals surface area contributed by atoms with Gasteiger partial charge in [0.1, 0.15) is 5.82 Å². The average molecular weight is 419 g/mol. The Balaban J connectivity index is 1.57. The SMILES string of the molecule is Cc1cc2c(c([C@@H](C)C(=O)Nc3ccc(-c4cncc(F)c4)nn3)c1)C(=O)N(C)C2=O. The van der Waals surface area contributed by atoms with Crippen molar-refractivity contribution in [3.8, 4) is 11.3 Å². The summed E-state index contributed by atoms with van der Waals surface area (Å²) in [5.41, 5.74) is 2.67. The van der Waals surface area contributed by atoms with Crippen LogP contribution in [-0.4, -0.2) is 44.9 Å². The highest BCUT2D eigenvalue weighted by molar-refractivity contribution is 6.22. The topological polar surface area (TPSA) is 105 Å². The maximum atomic E-state index is 13.3. The number of hydrogen-bond acceptors (Lipinski definition) is 6. The molecule has 9 heteroatoms. The molecule has 0 fully saturated rings. The lowest BCUT2D eigenvalue weighted by molar-refractivity contribution is -0.117. The maximum Gasteiger partial charge on any atom is 0.261 e. The van der Waals surface area contributed by atoms with E-state index in [0.29, 0.717) is 22.4 Å². The number of pyridine rings is 1. The summed E-state index contributed by atoms with van der Waals surface area (Å²) in [6.45, 7) is 3.45. The third-order valence-electron chi connectivity index (χ3n) is 5.14. The number of nitrogens with zero attached hydrogens (tertiary/aromatic N) is 4. The molecule has 0 aliphatic carbocycles. The second-order valence-electron chi connectivity index (χ2n) is 7.35.